The second kappa shape index (κ2) is 8.61. The van der Waals surface area contributed by atoms with Crippen LogP contribution in [0.3, 0.4) is 0 Å². The number of hydrogen-bond acceptors (Lipinski definition) is 4. The number of carbonyl (C=O) groups excluding carboxylic acids is 1. The van der Waals surface area contributed by atoms with Gasteiger partial charge in [-0.2, -0.15) is 5.10 Å². The quantitative estimate of drug-likeness (QED) is 0.524. The van der Waals surface area contributed by atoms with Gasteiger partial charge in [-0.1, -0.05) is 18.2 Å². The number of ketones is 1. The predicted octanol–water partition coefficient (Wildman–Crippen LogP) is 4.90. The Bertz CT molecular complexity index is 812. The van der Waals surface area contributed by atoms with E-state index in [1.807, 2.05) is 30.5 Å². The first-order valence-corrected chi connectivity index (χ1v) is 11.1. The van der Waals surface area contributed by atoms with Crippen molar-refractivity contribution in [2.24, 2.45) is 5.92 Å². The number of thioether (sulfide) groups is 1. The van der Waals surface area contributed by atoms with E-state index in [2.05, 4.69) is 37.3 Å². The number of benzene rings is 1. The minimum absolute atomic E-state index is 0.0906. The number of hydrogen-bond donors (Lipinski definition) is 0. The lowest BCUT2D eigenvalue weighted by atomic mass is 9.89. The van der Waals surface area contributed by atoms with Gasteiger partial charge < -0.3 is 0 Å². The van der Waals surface area contributed by atoms with E-state index in [9.17, 15) is 4.79 Å². The monoisotopic (exact) mass is 385 g/mol. The molecule has 0 bridgehead atoms. The fourth-order valence-corrected chi connectivity index (χ4v) is 4.74. The maximum absolute atomic E-state index is 13.1. The minimum atomic E-state index is 0.0906. The topological polar surface area (TPSA) is 38.1 Å². The molecule has 146 valence electrons. The van der Waals surface area contributed by atoms with Gasteiger partial charge >= 0.3 is 0 Å². The highest BCUT2D eigenvalue weighted by molar-refractivity contribution is 7.98. The molecule has 3 rings (SSSR count). The molecule has 0 radical (unpaired) electrons. The molecule has 1 aliphatic heterocycles. The summed E-state index contributed by atoms with van der Waals surface area (Å²) in [6.45, 7) is 11.4. The number of aryl methyl sites for hydroxylation is 1. The molecular formula is C22H31N3OS. The Balaban J connectivity index is 1.74. The highest BCUT2D eigenvalue weighted by atomic mass is 32.2. The summed E-state index contributed by atoms with van der Waals surface area (Å²) in [6.07, 6.45) is 4.10. The van der Waals surface area contributed by atoms with Crippen molar-refractivity contribution in [2.45, 2.75) is 58.0 Å². The summed E-state index contributed by atoms with van der Waals surface area (Å²) in [4.78, 5) is 16.7. The third-order valence-electron chi connectivity index (χ3n) is 5.59. The number of likely N-dealkylation sites (tertiary alicyclic amines) is 1. The fraction of sp³-hybridized carbons (Fsp3) is 0.545. The molecule has 5 heteroatoms. The lowest BCUT2D eigenvalue weighted by molar-refractivity contribution is 0.0808. The normalized spacial score (nSPS) is 18.2. The van der Waals surface area contributed by atoms with Crippen LogP contribution in [0.15, 0.2) is 29.2 Å². The number of nitrogens with zero attached hydrogens (tertiary/aromatic N) is 3. The van der Waals surface area contributed by atoms with Crippen LogP contribution in [-0.4, -0.2) is 39.8 Å². The summed E-state index contributed by atoms with van der Waals surface area (Å²) < 4.78 is 2.12. The van der Waals surface area contributed by atoms with Crippen molar-refractivity contribution in [3.05, 3.63) is 46.8 Å². The van der Waals surface area contributed by atoms with Gasteiger partial charge in [0.1, 0.15) is 0 Å². The number of rotatable bonds is 6. The van der Waals surface area contributed by atoms with Gasteiger partial charge in [-0.05, 0) is 59.4 Å². The molecule has 0 unspecified atom stereocenters. The van der Waals surface area contributed by atoms with E-state index in [0.29, 0.717) is 11.8 Å². The van der Waals surface area contributed by atoms with Crippen molar-refractivity contribution in [2.75, 3.05) is 19.3 Å². The summed E-state index contributed by atoms with van der Waals surface area (Å²) in [5, 5.41) is 4.72. The zero-order valence-electron chi connectivity index (χ0n) is 17.2. The average Bonchev–Trinajstić information content (AvgIpc) is 2.96. The third-order valence-corrected chi connectivity index (χ3v) is 6.39. The molecule has 0 amide bonds. The average molecular weight is 386 g/mol. The molecule has 0 N–H and O–H groups in total. The Kier molecular flexibility index (Phi) is 6.43. The van der Waals surface area contributed by atoms with E-state index >= 15 is 0 Å². The summed E-state index contributed by atoms with van der Waals surface area (Å²) in [7, 11) is 0. The van der Waals surface area contributed by atoms with Crippen LogP contribution in [0.5, 0.6) is 0 Å². The molecule has 1 aromatic heterocycles. The first kappa shape index (κ1) is 20.2. The van der Waals surface area contributed by atoms with Crippen LogP contribution in [0.25, 0.3) is 0 Å². The van der Waals surface area contributed by atoms with E-state index < -0.39 is 0 Å². The van der Waals surface area contributed by atoms with E-state index in [0.717, 1.165) is 48.6 Å². The maximum atomic E-state index is 13.1. The van der Waals surface area contributed by atoms with Gasteiger partial charge in [0, 0.05) is 46.8 Å². The Morgan fingerprint density at radius 3 is 2.70 bits per heavy atom. The lowest BCUT2D eigenvalue weighted by Gasteiger charge is -2.32. The number of carbonyl (C=O) groups is 1. The SMILES string of the molecule is CSc1ccccc1C(=O)[C@H]1CCCN(Cc2c(C)nn(C(C)C)c2C)C1. The zero-order valence-corrected chi connectivity index (χ0v) is 18.0. The van der Waals surface area contributed by atoms with Crippen LogP contribution in [0, 0.1) is 19.8 Å². The second-order valence-corrected chi connectivity index (χ2v) is 8.67. The van der Waals surface area contributed by atoms with Crippen molar-refractivity contribution in [3.8, 4) is 0 Å². The van der Waals surface area contributed by atoms with Gasteiger partial charge in [0.2, 0.25) is 0 Å². The second-order valence-electron chi connectivity index (χ2n) is 7.83. The fourth-order valence-electron chi connectivity index (χ4n) is 4.13. The van der Waals surface area contributed by atoms with Gasteiger partial charge in [0.05, 0.1) is 5.69 Å². The molecule has 1 fully saturated rings. The maximum Gasteiger partial charge on any atom is 0.168 e. The van der Waals surface area contributed by atoms with Gasteiger partial charge in [-0.25, -0.2) is 0 Å². The van der Waals surface area contributed by atoms with Gasteiger partial charge in [-0.15, -0.1) is 11.8 Å². The summed E-state index contributed by atoms with van der Waals surface area (Å²) >= 11 is 1.66. The Labute approximate surface area is 167 Å². The van der Waals surface area contributed by atoms with Gasteiger partial charge in [-0.3, -0.25) is 14.4 Å². The highest BCUT2D eigenvalue weighted by Gasteiger charge is 2.28. The molecule has 4 nitrogen and oxygen atoms in total. The van der Waals surface area contributed by atoms with Crippen LogP contribution in [0.2, 0.25) is 0 Å². The molecular weight excluding hydrogens is 354 g/mol. The smallest absolute Gasteiger partial charge is 0.168 e. The number of Topliss-reactive ketones (excluding diaryl/α,β-unsaturated/α-hetero) is 1. The van der Waals surface area contributed by atoms with Crippen molar-refractivity contribution in [1.82, 2.24) is 14.7 Å². The van der Waals surface area contributed by atoms with Gasteiger partial charge in [0.25, 0.3) is 0 Å². The van der Waals surface area contributed by atoms with Crippen molar-refractivity contribution < 1.29 is 4.79 Å². The summed E-state index contributed by atoms with van der Waals surface area (Å²) in [5.41, 5.74) is 4.57. The first-order valence-electron chi connectivity index (χ1n) is 9.86. The highest BCUT2D eigenvalue weighted by Crippen LogP contribution is 2.28. The van der Waals surface area contributed by atoms with E-state index in [4.69, 9.17) is 5.10 Å². The molecule has 0 aliphatic carbocycles. The third kappa shape index (κ3) is 4.30. The molecule has 0 spiro atoms. The Morgan fingerprint density at radius 2 is 2.04 bits per heavy atom. The molecule has 2 heterocycles. The minimum Gasteiger partial charge on any atom is -0.298 e. The molecule has 1 atom stereocenters. The Hall–Kier alpha value is -1.59. The van der Waals surface area contributed by atoms with Crippen molar-refractivity contribution in [1.29, 1.82) is 0 Å². The van der Waals surface area contributed by atoms with Crippen molar-refractivity contribution >= 4 is 17.5 Å². The van der Waals surface area contributed by atoms with Crippen molar-refractivity contribution in [3.63, 3.8) is 0 Å². The molecule has 1 aromatic carbocycles. The van der Waals surface area contributed by atoms with Gasteiger partial charge in [0.15, 0.2) is 5.78 Å². The molecule has 1 aliphatic rings. The number of aromatic nitrogens is 2. The zero-order chi connectivity index (χ0) is 19.6. The standard InChI is InChI=1S/C22H31N3OS/c1-15(2)25-17(4)20(16(3)23-25)14-24-12-8-9-18(13-24)22(26)19-10-6-7-11-21(19)27-5/h6-7,10-11,15,18H,8-9,12-14H2,1-5H3/t18-/m0/s1. The molecule has 0 saturated carbocycles. The van der Waals surface area contributed by atoms with Crippen LogP contribution >= 0.6 is 11.8 Å². The Morgan fingerprint density at radius 1 is 1.30 bits per heavy atom. The van der Waals surface area contributed by atoms with E-state index in [-0.39, 0.29) is 5.92 Å². The van der Waals surface area contributed by atoms with Crippen LogP contribution in [-0.2, 0) is 6.54 Å². The van der Waals surface area contributed by atoms with Crippen LogP contribution in [0.1, 0.15) is 60.0 Å². The largest absolute Gasteiger partial charge is 0.298 e. The van der Waals surface area contributed by atoms with Crippen LogP contribution < -0.4 is 0 Å². The lowest BCUT2D eigenvalue weighted by Crippen LogP contribution is -2.38. The van der Waals surface area contributed by atoms with E-state index in [1.54, 1.807) is 11.8 Å². The molecule has 2 aromatic rings. The van der Waals surface area contributed by atoms with E-state index in [1.165, 1.54) is 11.3 Å². The van der Waals surface area contributed by atoms with Crippen LogP contribution in [0.4, 0.5) is 0 Å². The summed E-state index contributed by atoms with van der Waals surface area (Å²) in [6, 6.07) is 8.38. The number of piperidine rings is 1. The molecule has 27 heavy (non-hydrogen) atoms. The summed E-state index contributed by atoms with van der Waals surface area (Å²) in [5.74, 6) is 0.392. The molecule has 1 saturated heterocycles. The first-order chi connectivity index (χ1) is 12.9. The predicted molar refractivity (Wildman–Crippen MR) is 113 cm³/mol.